The Morgan fingerprint density at radius 3 is 2.62 bits per heavy atom. The Labute approximate surface area is 154 Å². The maximum atomic E-state index is 6.38. The molecule has 0 spiro atoms. The fourth-order valence-electron chi connectivity index (χ4n) is 2.90. The summed E-state index contributed by atoms with van der Waals surface area (Å²) in [5.41, 5.74) is 2.63. The molecule has 1 atom stereocenters. The van der Waals surface area contributed by atoms with Crippen LogP contribution in [0.3, 0.4) is 0 Å². The second kappa shape index (κ2) is 5.96. The molecule has 0 aliphatic carbocycles. The van der Waals surface area contributed by atoms with Crippen LogP contribution < -0.4 is 5.32 Å². The smallest absolute Gasteiger partial charge is 0.170 e. The average molecular weight is 380 g/mol. The molecule has 0 radical (unpaired) electrons. The normalized spacial score (nSPS) is 16.1. The van der Waals surface area contributed by atoms with E-state index in [1.165, 1.54) is 0 Å². The first-order chi connectivity index (χ1) is 11.5. The number of rotatable bonds is 1. The van der Waals surface area contributed by atoms with E-state index in [1.54, 1.807) is 18.2 Å². The first-order valence-corrected chi connectivity index (χ1v) is 8.62. The fourth-order valence-corrected chi connectivity index (χ4v) is 3.44. The highest BCUT2D eigenvalue weighted by molar-refractivity contribution is 6.35. The van der Waals surface area contributed by atoms with Crippen LogP contribution in [0.2, 0.25) is 15.1 Å². The lowest BCUT2D eigenvalue weighted by Gasteiger charge is -2.13. The topological polar surface area (TPSA) is 42.7 Å². The molecular formula is C17H13Cl3N4. The van der Waals surface area contributed by atoms with E-state index in [9.17, 15) is 0 Å². The number of hydrogen-bond donors (Lipinski definition) is 1. The zero-order valence-electron chi connectivity index (χ0n) is 12.7. The van der Waals surface area contributed by atoms with Crippen molar-refractivity contribution in [2.45, 2.75) is 12.8 Å². The number of nitrogens with one attached hydrogen (secondary N) is 1. The summed E-state index contributed by atoms with van der Waals surface area (Å²) in [6.45, 7) is 2.85. The van der Waals surface area contributed by atoms with E-state index in [2.05, 4.69) is 22.4 Å². The van der Waals surface area contributed by atoms with Crippen LogP contribution in [0, 0.1) is 0 Å². The van der Waals surface area contributed by atoms with Gasteiger partial charge >= 0.3 is 0 Å². The van der Waals surface area contributed by atoms with Crippen molar-refractivity contribution >= 4 is 40.5 Å². The largest absolute Gasteiger partial charge is 0.383 e. The summed E-state index contributed by atoms with van der Waals surface area (Å²) in [4.78, 5) is 0. The van der Waals surface area contributed by atoms with Gasteiger partial charge in [0.1, 0.15) is 5.82 Å². The van der Waals surface area contributed by atoms with Gasteiger partial charge < -0.3 is 5.32 Å². The fraction of sp³-hybridized carbons (Fsp3) is 0.176. The van der Waals surface area contributed by atoms with E-state index in [4.69, 9.17) is 34.8 Å². The van der Waals surface area contributed by atoms with Crippen LogP contribution in [0.5, 0.6) is 0 Å². The highest BCUT2D eigenvalue weighted by atomic mass is 35.5. The molecule has 2 heterocycles. The number of nitrogens with zero attached hydrogens (tertiary/aromatic N) is 3. The highest BCUT2D eigenvalue weighted by Gasteiger charge is 2.26. The van der Waals surface area contributed by atoms with Gasteiger partial charge in [-0.1, -0.05) is 41.7 Å². The van der Waals surface area contributed by atoms with Crippen molar-refractivity contribution in [1.29, 1.82) is 0 Å². The summed E-state index contributed by atoms with van der Waals surface area (Å²) >= 11 is 18.7. The number of halogens is 3. The van der Waals surface area contributed by atoms with Crippen LogP contribution in [0.1, 0.15) is 18.7 Å². The van der Waals surface area contributed by atoms with E-state index in [0.717, 1.165) is 29.3 Å². The number of aromatic nitrogens is 3. The van der Waals surface area contributed by atoms with Crippen LogP contribution in [0.15, 0.2) is 36.4 Å². The lowest BCUT2D eigenvalue weighted by Crippen LogP contribution is -2.09. The van der Waals surface area contributed by atoms with Crippen molar-refractivity contribution in [2.75, 3.05) is 11.9 Å². The minimum atomic E-state index is 0.176. The predicted molar refractivity (Wildman–Crippen MR) is 98.7 cm³/mol. The van der Waals surface area contributed by atoms with Crippen molar-refractivity contribution in [3.63, 3.8) is 0 Å². The standard InChI is InChI=1S/C17H13Cl3N4/c1-9-8-21-14-7-11(19)3-5-15(14)24-16(9)22-23-17(24)12-6-10(18)2-4-13(12)20/h2-7,9,21H,8H2,1H3. The average Bonchev–Trinajstić information content (AvgIpc) is 2.94. The van der Waals surface area contributed by atoms with Crippen molar-refractivity contribution in [3.05, 3.63) is 57.3 Å². The second-order valence-electron chi connectivity index (χ2n) is 5.78. The van der Waals surface area contributed by atoms with E-state index in [-0.39, 0.29) is 5.92 Å². The molecule has 0 saturated carbocycles. The van der Waals surface area contributed by atoms with Gasteiger partial charge in [0.2, 0.25) is 0 Å². The Bertz CT molecular complexity index is 936. The molecular weight excluding hydrogens is 367 g/mol. The first-order valence-electron chi connectivity index (χ1n) is 7.49. The molecule has 0 fully saturated rings. The van der Waals surface area contributed by atoms with E-state index < -0.39 is 0 Å². The Morgan fingerprint density at radius 2 is 1.79 bits per heavy atom. The third kappa shape index (κ3) is 2.55. The molecule has 1 unspecified atom stereocenters. The molecule has 0 bridgehead atoms. The lowest BCUT2D eigenvalue weighted by molar-refractivity contribution is 0.725. The van der Waals surface area contributed by atoms with Crippen LogP contribution >= 0.6 is 34.8 Å². The van der Waals surface area contributed by atoms with Gasteiger partial charge in [-0.2, -0.15) is 0 Å². The maximum absolute atomic E-state index is 6.38. The number of benzene rings is 2. The highest BCUT2D eigenvalue weighted by Crippen LogP contribution is 2.37. The molecule has 3 aromatic rings. The van der Waals surface area contributed by atoms with Crippen molar-refractivity contribution < 1.29 is 0 Å². The van der Waals surface area contributed by atoms with Crippen LogP contribution in [-0.4, -0.2) is 21.3 Å². The monoisotopic (exact) mass is 378 g/mol. The van der Waals surface area contributed by atoms with E-state index in [0.29, 0.717) is 20.9 Å². The number of hydrogen-bond acceptors (Lipinski definition) is 3. The molecule has 0 amide bonds. The zero-order valence-corrected chi connectivity index (χ0v) is 15.0. The molecule has 1 N–H and O–H groups in total. The van der Waals surface area contributed by atoms with Gasteiger partial charge in [-0.25, -0.2) is 0 Å². The number of anilines is 1. The molecule has 0 saturated heterocycles. The van der Waals surface area contributed by atoms with Gasteiger partial charge in [0, 0.05) is 28.1 Å². The summed E-state index contributed by atoms with van der Waals surface area (Å²) in [6.07, 6.45) is 0. The maximum Gasteiger partial charge on any atom is 0.170 e. The molecule has 1 aliphatic rings. The predicted octanol–water partition coefficient (Wildman–Crippen LogP) is 5.42. The summed E-state index contributed by atoms with van der Waals surface area (Å²) in [6, 6.07) is 11.0. The van der Waals surface area contributed by atoms with Gasteiger partial charge in [-0.15, -0.1) is 10.2 Å². The van der Waals surface area contributed by atoms with Gasteiger partial charge in [0.05, 0.1) is 16.4 Å². The van der Waals surface area contributed by atoms with Gasteiger partial charge in [-0.05, 0) is 36.4 Å². The van der Waals surface area contributed by atoms with Crippen molar-refractivity contribution in [2.24, 2.45) is 0 Å². The molecule has 2 aromatic carbocycles. The minimum Gasteiger partial charge on any atom is -0.383 e. The molecule has 122 valence electrons. The molecule has 1 aliphatic heterocycles. The minimum absolute atomic E-state index is 0.176. The van der Waals surface area contributed by atoms with Crippen LogP contribution in [-0.2, 0) is 0 Å². The molecule has 1 aromatic heterocycles. The Morgan fingerprint density at radius 1 is 1.04 bits per heavy atom. The van der Waals surface area contributed by atoms with Gasteiger partial charge in [-0.3, -0.25) is 4.57 Å². The second-order valence-corrected chi connectivity index (χ2v) is 7.06. The molecule has 7 heteroatoms. The summed E-state index contributed by atoms with van der Waals surface area (Å²) in [5.74, 6) is 1.71. The van der Waals surface area contributed by atoms with Gasteiger partial charge in [0.25, 0.3) is 0 Å². The van der Waals surface area contributed by atoms with Crippen LogP contribution in [0.4, 0.5) is 5.69 Å². The Balaban J connectivity index is 2.02. The molecule has 24 heavy (non-hydrogen) atoms. The van der Waals surface area contributed by atoms with Crippen molar-refractivity contribution in [3.8, 4) is 17.1 Å². The number of fused-ring (bicyclic) bond motifs is 3. The van der Waals surface area contributed by atoms with Crippen LogP contribution in [0.25, 0.3) is 17.1 Å². The van der Waals surface area contributed by atoms with Crippen molar-refractivity contribution in [1.82, 2.24) is 14.8 Å². The molecule has 4 rings (SSSR count). The third-order valence-electron chi connectivity index (χ3n) is 4.10. The van der Waals surface area contributed by atoms with E-state index in [1.807, 2.05) is 22.8 Å². The Hall–Kier alpha value is -1.75. The summed E-state index contributed by atoms with van der Waals surface area (Å²) < 4.78 is 2.02. The third-order valence-corrected chi connectivity index (χ3v) is 4.90. The summed E-state index contributed by atoms with van der Waals surface area (Å²) in [5, 5.41) is 14.1. The van der Waals surface area contributed by atoms with E-state index >= 15 is 0 Å². The molecule has 4 nitrogen and oxygen atoms in total. The van der Waals surface area contributed by atoms with Gasteiger partial charge in [0.15, 0.2) is 5.82 Å². The summed E-state index contributed by atoms with van der Waals surface area (Å²) in [7, 11) is 0. The first kappa shape index (κ1) is 15.8. The Kier molecular flexibility index (Phi) is 3.91. The lowest BCUT2D eigenvalue weighted by atomic mass is 10.1. The quantitative estimate of drug-likeness (QED) is 0.613. The SMILES string of the molecule is CC1CNc2cc(Cl)ccc2-n2c(-c3cc(Cl)ccc3Cl)nnc21. The zero-order chi connectivity index (χ0) is 16.8.